The fraction of sp³-hybridized carbons (Fsp3) is 0. The highest BCUT2D eigenvalue weighted by atomic mass is 32.3. The Morgan fingerprint density at radius 2 is 1.92 bits per heavy atom. The Morgan fingerprint density at radius 3 is 2.58 bits per heavy atom. The second kappa shape index (κ2) is 8.42. The van der Waals surface area contributed by atoms with Crippen molar-refractivity contribution in [3.63, 3.8) is 0 Å². The Kier molecular flexibility index (Phi) is 6.27. The van der Waals surface area contributed by atoms with Gasteiger partial charge in [0.1, 0.15) is 16.6 Å². The predicted octanol–water partition coefficient (Wildman–Crippen LogP) is 2.14. The highest BCUT2D eigenvalue weighted by Crippen LogP contribution is 2.43. The van der Waals surface area contributed by atoms with Gasteiger partial charge in [-0.25, -0.2) is 10.9 Å². The Morgan fingerprint density at radius 1 is 1.15 bits per heavy atom. The summed E-state index contributed by atoms with van der Waals surface area (Å²) < 4.78 is 32.0. The SMILES string of the molecule is O=C(/C=C/c1cccc(C(=O)N/N=C/c2ccc(S(O)(O)O)o2)c1)NO. The normalized spacial score (nSPS) is 12.5. The first-order valence-electron chi connectivity index (χ1n) is 6.96. The van der Waals surface area contributed by atoms with Crippen molar-refractivity contribution in [2.24, 2.45) is 5.10 Å². The molecule has 2 amide bonds. The number of hydrazone groups is 1. The van der Waals surface area contributed by atoms with Crippen molar-refractivity contribution in [1.29, 1.82) is 0 Å². The molecule has 0 bridgehead atoms. The number of furan rings is 1. The third-order valence-corrected chi connectivity index (χ3v) is 3.68. The number of carbonyl (C=O) groups is 2. The topological polar surface area (TPSA) is 165 Å². The van der Waals surface area contributed by atoms with Crippen LogP contribution >= 0.6 is 10.9 Å². The Labute approximate surface area is 149 Å². The minimum Gasteiger partial charge on any atom is -0.444 e. The first kappa shape index (κ1) is 19.4. The van der Waals surface area contributed by atoms with Crippen LogP contribution in [0.5, 0.6) is 0 Å². The van der Waals surface area contributed by atoms with E-state index in [9.17, 15) is 9.59 Å². The van der Waals surface area contributed by atoms with Crippen molar-refractivity contribution in [2.45, 2.75) is 5.09 Å². The van der Waals surface area contributed by atoms with Crippen LogP contribution in [0.2, 0.25) is 0 Å². The zero-order chi connectivity index (χ0) is 19.2. The molecule has 11 heteroatoms. The van der Waals surface area contributed by atoms with Crippen LogP contribution in [0.25, 0.3) is 6.08 Å². The maximum absolute atomic E-state index is 12.0. The molecule has 0 unspecified atom stereocenters. The minimum atomic E-state index is -3.95. The number of carbonyl (C=O) groups excluding carboxylic acids is 2. The molecule has 138 valence electrons. The predicted molar refractivity (Wildman–Crippen MR) is 92.9 cm³/mol. The summed E-state index contributed by atoms with van der Waals surface area (Å²) >= 11 is 0. The maximum Gasteiger partial charge on any atom is 0.271 e. The number of rotatable bonds is 6. The van der Waals surface area contributed by atoms with Gasteiger partial charge in [0, 0.05) is 11.6 Å². The van der Waals surface area contributed by atoms with Gasteiger partial charge in [0.05, 0.1) is 6.21 Å². The van der Waals surface area contributed by atoms with Gasteiger partial charge in [-0.1, -0.05) is 12.1 Å². The zero-order valence-corrected chi connectivity index (χ0v) is 13.9. The van der Waals surface area contributed by atoms with Crippen molar-refractivity contribution in [1.82, 2.24) is 10.9 Å². The highest BCUT2D eigenvalue weighted by Gasteiger charge is 2.19. The molecule has 1 heterocycles. The monoisotopic (exact) mass is 381 g/mol. The molecule has 2 aromatic rings. The number of amides is 2. The molecule has 2 rings (SSSR count). The standard InChI is InChI=1S/C15H15N3O7S/c19-13(18-21)6-4-10-2-1-3-11(8-10)15(20)17-16-9-12-5-7-14(25-12)26(22,23)24/h1-9,21-24H,(H,17,20)(H,18,19)/b6-4+,16-9+. The van der Waals surface area contributed by atoms with Crippen LogP contribution in [0.15, 0.2) is 57.1 Å². The van der Waals surface area contributed by atoms with Gasteiger partial charge in [0.25, 0.3) is 11.8 Å². The van der Waals surface area contributed by atoms with Crippen molar-refractivity contribution in [3.8, 4) is 0 Å². The number of hydrogen-bond acceptors (Lipinski definition) is 8. The van der Waals surface area contributed by atoms with Gasteiger partial charge in [0.2, 0.25) is 5.09 Å². The van der Waals surface area contributed by atoms with E-state index in [4.69, 9.17) is 23.3 Å². The van der Waals surface area contributed by atoms with E-state index in [1.807, 2.05) is 0 Å². The third kappa shape index (κ3) is 5.54. The van der Waals surface area contributed by atoms with Gasteiger partial charge >= 0.3 is 0 Å². The summed E-state index contributed by atoms with van der Waals surface area (Å²) in [5.74, 6) is -1.16. The van der Waals surface area contributed by atoms with Crippen molar-refractivity contribution < 1.29 is 32.9 Å². The van der Waals surface area contributed by atoms with E-state index in [2.05, 4.69) is 10.5 Å². The largest absolute Gasteiger partial charge is 0.444 e. The van der Waals surface area contributed by atoms with Gasteiger partial charge < -0.3 is 18.1 Å². The first-order valence-corrected chi connectivity index (χ1v) is 8.46. The van der Waals surface area contributed by atoms with Gasteiger partial charge in [0.15, 0.2) is 0 Å². The van der Waals surface area contributed by atoms with Gasteiger partial charge in [-0.3, -0.25) is 14.8 Å². The molecule has 0 spiro atoms. The van der Waals surface area contributed by atoms with E-state index in [1.54, 1.807) is 12.1 Å². The molecule has 0 radical (unpaired) electrons. The number of hydroxylamine groups is 1. The molecule has 0 aliphatic heterocycles. The Hall–Kier alpha value is -2.96. The summed E-state index contributed by atoms with van der Waals surface area (Å²) in [6, 6.07) is 8.76. The van der Waals surface area contributed by atoms with Crippen LogP contribution in [0.4, 0.5) is 0 Å². The second-order valence-electron chi connectivity index (χ2n) is 4.81. The number of nitrogens with one attached hydrogen (secondary N) is 2. The number of benzene rings is 1. The lowest BCUT2D eigenvalue weighted by Gasteiger charge is -2.14. The molecule has 0 atom stereocenters. The minimum absolute atomic E-state index is 0.0843. The Bertz CT molecular complexity index is 855. The van der Waals surface area contributed by atoms with Gasteiger partial charge in [-0.15, -0.1) is 0 Å². The van der Waals surface area contributed by atoms with E-state index in [1.165, 1.54) is 29.8 Å². The highest BCUT2D eigenvalue weighted by molar-refractivity contribution is 8.19. The van der Waals surface area contributed by atoms with Crippen LogP contribution in [-0.2, 0) is 4.79 Å². The van der Waals surface area contributed by atoms with Crippen LogP contribution in [0.3, 0.4) is 0 Å². The van der Waals surface area contributed by atoms with Gasteiger partial charge in [-0.2, -0.15) is 5.10 Å². The van der Waals surface area contributed by atoms with E-state index in [0.29, 0.717) is 5.56 Å². The molecule has 0 saturated heterocycles. The fourth-order valence-corrected chi connectivity index (χ4v) is 2.22. The molecule has 10 nitrogen and oxygen atoms in total. The zero-order valence-electron chi connectivity index (χ0n) is 13.1. The van der Waals surface area contributed by atoms with Crippen molar-refractivity contribution in [3.05, 3.63) is 59.4 Å². The first-order chi connectivity index (χ1) is 12.3. The van der Waals surface area contributed by atoms with Crippen molar-refractivity contribution in [2.75, 3.05) is 0 Å². The lowest BCUT2D eigenvalue weighted by Crippen LogP contribution is -2.17. The summed E-state index contributed by atoms with van der Waals surface area (Å²) in [6.07, 6.45) is 3.61. The molecule has 0 aliphatic carbocycles. The third-order valence-electron chi connectivity index (χ3n) is 2.92. The average Bonchev–Trinajstić information content (AvgIpc) is 3.09. The summed E-state index contributed by atoms with van der Waals surface area (Å²) in [4.78, 5) is 23.0. The molecule has 1 aromatic carbocycles. The number of nitrogens with zero attached hydrogens (tertiary/aromatic N) is 1. The average molecular weight is 381 g/mol. The van der Waals surface area contributed by atoms with E-state index < -0.39 is 27.8 Å². The van der Waals surface area contributed by atoms with E-state index >= 15 is 0 Å². The summed E-state index contributed by atoms with van der Waals surface area (Å²) in [7, 11) is -3.95. The summed E-state index contributed by atoms with van der Waals surface area (Å²) in [6.45, 7) is 0. The Balaban J connectivity index is 2.00. The molecule has 0 fully saturated rings. The van der Waals surface area contributed by atoms with Crippen LogP contribution in [0, 0.1) is 0 Å². The molecule has 26 heavy (non-hydrogen) atoms. The van der Waals surface area contributed by atoms with Crippen molar-refractivity contribution >= 4 is 35.0 Å². The van der Waals surface area contributed by atoms with Crippen LogP contribution in [0.1, 0.15) is 21.7 Å². The smallest absolute Gasteiger partial charge is 0.271 e. The number of hydrogen-bond donors (Lipinski definition) is 6. The summed E-state index contributed by atoms with van der Waals surface area (Å²) in [5.41, 5.74) is 4.51. The quantitative estimate of drug-likeness (QED) is 0.193. The lowest BCUT2D eigenvalue weighted by atomic mass is 10.1. The molecule has 6 N–H and O–H groups in total. The van der Waals surface area contributed by atoms with E-state index in [0.717, 1.165) is 18.4 Å². The van der Waals surface area contributed by atoms with Crippen LogP contribution in [-0.4, -0.2) is 36.9 Å². The molecule has 1 aromatic heterocycles. The fourth-order valence-electron chi connectivity index (χ4n) is 1.76. The lowest BCUT2D eigenvalue weighted by molar-refractivity contribution is -0.124. The molecular weight excluding hydrogens is 366 g/mol. The molecular formula is C15H15N3O7S. The van der Waals surface area contributed by atoms with Gasteiger partial charge in [-0.05, 0) is 35.9 Å². The van der Waals surface area contributed by atoms with E-state index in [-0.39, 0.29) is 11.3 Å². The summed E-state index contributed by atoms with van der Waals surface area (Å²) in [5, 5.41) is 11.7. The molecule has 0 aliphatic rings. The molecule has 0 saturated carbocycles. The maximum atomic E-state index is 12.0. The van der Waals surface area contributed by atoms with Crippen LogP contribution < -0.4 is 10.9 Å². The second-order valence-corrected chi connectivity index (χ2v) is 6.25.